The molecule has 0 radical (unpaired) electrons. The van der Waals surface area contributed by atoms with Gasteiger partial charge in [0, 0.05) is 22.9 Å². The molecule has 1 amide bonds. The summed E-state index contributed by atoms with van der Waals surface area (Å²) in [6, 6.07) is 0. The fourth-order valence-corrected chi connectivity index (χ4v) is 3.09. The quantitative estimate of drug-likeness (QED) is 0.820. The number of hydrogen-bond acceptors (Lipinski definition) is 6. The first-order chi connectivity index (χ1) is 9.22. The van der Waals surface area contributed by atoms with Gasteiger partial charge in [-0.25, -0.2) is 9.97 Å². The minimum absolute atomic E-state index is 0. The highest BCUT2D eigenvalue weighted by Gasteiger charge is 2.11. The van der Waals surface area contributed by atoms with Crippen LogP contribution in [0, 0.1) is 0 Å². The van der Waals surface area contributed by atoms with Gasteiger partial charge < -0.3 is 11.1 Å². The van der Waals surface area contributed by atoms with Crippen molar-refractivity contribution in [3.63, 3.8) is 0 Å². The highest BCUT2D eigenvalue weighted by molar-refractivity contribution is 7.11. The van der Waals surface area contributed by atoms with Crippen LogP contribution in [-0.2, 0) is 19.4 Å². The molecular formula is C12H18Cl2N4OS2. The average molecular weight is 369 g/mol. The first-order valence-corrected chi connectivity index (χ1v) is 7.78. The third-order valence-electron chi connectivity index (χ3n) is 2.49. The Morgan fingerprint density at radius 2 is 2.14 bits per heavy atom. The van der Waals surface area contributed by atoms with Crippen molar-refractivity contribution in [1.82, 2.24) is 15.3 Å². The van der Waals surface area contributed by atoms with E-state index in [9.17, 15) is 4.79 Å². The normalized spacial score (nSPS) is 9.62. The van der Waals surface area contributed by atoms with Gasteiger partial charge >= 0.3 is 0 Å². The highest BCUT2D eigenvalue weighted by Crippen LogP contribution is 2.14. The molecule has 0 bridgehead atoms. The highest BCUT2D eigenvalue weighted by atomic mass is 35.5. The summed E-state index contributed by atoms with van der Waals surface area (Å²) >= 11 is 3.09. The van der Waals surface area contributed by atoms with Crippen LogP contribution in [0.15, 0.2) is 11.6 Å². The van der Waals surface area contributed by atoms with Gasteiger partial charge in [0.2, 0.25) is 0 Å². The Labute approximate surface area is 144 Å². The molecule has 9 heteroatoms. The monoisotopic (exact) mass is 368 g/mol. The van der Waals surface area contributed by atoms with Crippen LogP contribution in [0.4, 0.5) is 0 Å². The summed E-state index contributed by atoms with van der Waals surface area (Å²) < 4.78 is 0. The minimum atomic E-state index is -0.159. The summed E-state index contributed by atoms with van der Waals surface area (Å²) in [6.45, 7) is 3.09. The number of aryl methyl sites for hydroxylation is 1. The summed E-state index contributed by atoms with van der Waals surface area (Å²) in [5.74, 6) is -0.159. The predicted octanol–water partition coefficient (Wildman–Crippen LogP) is 2.44. The van der Waals surface area contributed by atoms with Crippen LogP contribution in [-0.4, -0.2) is 22.4 Å². The number of rotatable bonds is 6. The maximum atomic E-state index is 11.9. The molecule has 0 saturated heterocycles. The molecule has 0 aromatic carbocycles. The van der Waals surface area contributed by atoms with E-state index in [1.807, 2.05) is 6.20 Å². The Hall–Kier alpha value is -0.730. The number of aromatic nitrogens is 2. The fraction of sp³-hybridized carbons (Fsp3) is 0.417. The first-order valence-electron chi connectivity index (χ1n) is 6.09. The molecule has 0 atom stereocenters. The maximum absolute atomic E-state index is 11.9. The van der Waals surface area contributed by atoms with E-state index in [4.69, 9.17) is 5.73 Å². The van der Waals surface area contributed by atoms with Gasteiger partial charge in [-0.05, 0) is 13.0 Å². The van der Waals surface area contributed by atoms with Crippen LogP contribution in [0.5, 0.6) is 0 Å². The van der Waals surface area contributed by atoms with E-state index in [1.165, 1.54) is 16.2 Å². The molecule has 118 valence electrons. The topological polar surface area (TPSA) is 80.9 Å². The van der Waals surface area contributed by atoms with Crippen LogP contribution in [0.2, 0.25) is 0 Å². The summed E-state index contributed by atoms with van der Waals surface area (Å²) in [6.07, 6.45) is 3.54. The molecule has 0 aliphatic rings. The largest absolute Gasteiger partial charge is 0.344 e. The van der Waals surface area contributed by atoms with Gasteiger partial charge in [0.15, 0.2) is 0 Å². The Morgan fingerprint density at radius 3 is 2.76 bits per heavy atom. The number of halogens is 2. The number of carbonyl (C=O) groups excluding carboxylic acids is 1. The van der Waals surface area contributed by atoms with Crippen molar-refractivity contribution >= 4 is 53.4 Å². The standard InChI is InChI=1S/C12H16N4OS2.2ClH/c1-2-8-5-14-11(19-8)6-15-12(17)9-7-18-10(16-9)3-4-13;;/h5,7H,2-4,6,13H2,1H3,(H,15,17);2*1H. The molecule has 0 spiro atoms. The number of nitrogens with zero attached hydrogens (tertiary/aromatic N) is 2. The molecule has 21 heavy (non-hydrogen) atoms. The zero-order valence-corrected chi connectivity index (χ0v) is 14.8. The molecule has 0 unspecified atom stereocenters. The van der Waals surface area contributed by atoms with Crippen LogP contribution in [0.1, 0.15) is 32.3 Å². The summed E-state index contributed by atoms with van der Waals surface area (Å²) in [5, 5.41) is 6.41. The van der Waals surface area contributed by atoms with Crippen molar-refractivity contribution in [3.8, 4) is 0 Å². The SMILES string of the molecule is CCc1cnc(CNC(=O)c2csc(CCN)n2)s1.Cl.Cl. The number of nitrogens with two attached hydrogens (primary N) is 1. The van der Waals surface area contributed by atoms with E-state index in [0.717, 1.165) is 16.4 Å². The number of nitrogens with one attached hydrogen (secondary N) is 1. The summed E-state index contributed by atoms with van der Waals surface area (Å²) in [7, 11) is 0. The van der Waals surface area contributed by atoms with Gasteiger partial charge in [0.05, 0.1) is 11.6 Å². The van der Waals surface area contributed by atoms with E-state index in [0.29, 0.717) is 25.2 Å². The lowest BCUT2D eigenvalue weighted by molar-refractivity contribution is 0.0946. The minimum Gasteiger partial charge on any atom is -0.344 e. The van der Waals surface area contributed by atoms with Crippen molar-refractivity contribution in [2.45, 2.75) is 26.3 Å². The second-order valence-corrected chi connectivity index (χ2v) is 6.06. The maximum Gasteiger partial charge on any atom is 0.271 e. The zero-order chi connectivity index (χ0) is 13.7. The number of hydrogen-bond donors (Lipinski definition) is 2. The lowest BCUT2D eigenvalue weighted by atomic mass is 10.4. The fourth-order valence-electron chi connectivity index (χ4n) is 1.49. The molecule has 2 heterocycles. The molecule has 0 aliphatic heterocycles. The third-order valence-corrected chi connectivity index (χ3v) is 4.54. The van der Waals surface area contributed by atoms with Crippen molar-refractivity contribution in [1.29, 1.82) is 0 Å². The van der Waals surface area contributed by atoms with Crippen LogP contribution >= 0.6 is 47.5 Å². The van der Waals surface area contributed by atoms with Gasteiger partial charge in [-0.15, -0.1) is 47.5 Å². The van der Waals surface area contributed by atoms with E-state index in [1.54, 1.807) is 16.7 Å². The Balaban J connectivity index is 0.00000200. The van der Waals surface area contributed by atoms with Crippen LogP contribution in [0.3, 0.4) is 0 Å². The number of thiazole rings is 2. The first kappa shape index (κ1) is 20.3. The second kappa shape index (κ2) is 10.1. The molecule has 0 fully saturated rings. The lowest BCUT2D eigenvalue weighted by Gasteiger charge is -1.99. The molecule has 2 rings (SSSR count). The Bertz CT molecular complexity index is 559. The van der Waals surface area contributed by atoms with E-state index in [-0.39, 0.29) is 30.7 Å². The third kappa shape index (κ3) is 5.88. The smallest absolute Gasteiger partial charge is 0.271 e. The van der Waals surface area contributed by atoms with Crippen molar-refractivity contribution in [3.05, 3.63) is 32.2 Å². The predicted molar refractivity (Wildman–Crippen MR) is 92.0 cm³/mol. The van der Waals surface area contributed by atoms with Crippen LogP contribution in [0.25, 0.3) is 0 Å². The average Bonchev–Trinajstić information content (AvgIpc) is 3.05. The summed E-state index contributed by atoms with van der Waals surface area (Å²) in [5.41, 5.74) is 5.91. The van der Waals surface area contributed by atoms with Crippen molar-refractivity contribution in [2.24, 2.45) is 5.73 Å². The number of carbonyl (C=O) groups is 1. The second-order valence-electron chi connectivity index (χ2n) is 3.92. The van der Waals surface area contributed by atoms with E-state index in [2.05, 4.69) is 22.2 Å². The van der Waals surface area contributed by atoms with E-state index < -0.39 is 0 Å². The Kier molecular flexibility index (Phi) is 9.72. The lowest BCUT2D eigenvalue weighted by Crippen LogP contribution is -2.23. The van der Waals surface area contributed by atoms with Gasteiger partial charge in [-0.3, -0.25) is 4.79 Å². The van der Waals surface area contributed by atoms with Crippen molar-refractivity contribution < 1.29 is 4.79 Å². The summed E-state index contributed by atoms with van der Waals surface area (Å²) in [4.78, 5) is 21.6. The molecule has 0 aliphatic carbocycles. The van der Waals surface area contributed by atoms with Gasteiger partial charge in [-0.1, -0.05) is 6.92 Å². The molecule has 0 saturated carbocycles. The molecule has 2 aromatic rings. The van der Waals surface area contributed by atoms with Gasteiger partial charge in [0.25, 0.3) is 5.91 Å². The molecular weight excluding hydrogens is 351 g/mol. The number of amides is 1. The van der Waals surface area contributed by atoms with Crippen LogP contribution < -0.4 is 11.1 Å². The van der Waals surface area contributed by atoms with E-state index >= 15 is 0 Å². The Morgan fingerprint density at radius 1 is 1.38 bits per heavy atom. The molecule has 5 nitrogen and oxygen atoms in total. The molecule has 2 aromatic heterocycles. The molecule has 3 N–H and O–H groups in total. The zero-order valence-electron chi connectivity index (χ0n) is 11.5. The van der Waals surface area contributed by atoms with Crippen molar-refractivity contribution in [2.75, 3.05) is 6.54 Å². The van der Waals surface area contributed by atoms with Gasteiger partial charge in [-0.2, -0.15) is 0 Å². The van der Waals surface area contributed by atoms with Gasteiger partial charge in [0.1, 0.15) is 10.7 Å².